The van der Waals surface area contributed by atoms with Crippen LogP contribution in [-0.2, 0) is 0 Å². The fraction of sp³-hybridized carbons (Fsp3) is 1.00. The highest BCUT2D eigenvalue weighted by Crippen LogP contribution is 2.32. The van der Waals surface area contributed by atoms with E-state index in [9.17, 15) is 0 Å². The number of likely N-dealkylation sites (tertiary alicyclic amines) is 1. The van der Waals surface area contributed by atoms with Gasteiger partial charge in [-0.25, -0.2) is 0 Å². The third-order valence-corrected chi connectivity index (χ3v) is 3.66. The van der Waals surface area contributed by atoms with Crippen LogP contribution >= 0.6 is 0 Å². The van der Waals surface area contributed by atoms with E-state index in [1.54, 1.807) is 0 Å². The van der Waals surface area contributed by atoms with E-state index in [-0.39, 0.29) is 0 Å². The Morgan fingerprint density at radius 3 is 2.57 bits per heavy atom. The van der Waals surface area contributed by atoms with Crippen LogP contribution in [0.1, 0.15) is 39.5 Å². The Bertz CT molecular complexity index is 187. The van der Waals surface area contributed by atoms with Gasteiger partial charge in [-0.3, -0.25) is 4.90 Å². The molecule has 0 bridgehead atoms. The first kappa shape index (κ1) is 10.4. The van der Waals surface area contributed by atoms with E-state index in [1.807, 2.05) is 0 Å². The lowest BCUT2D eigenvalue weighted by Crippen LogP contribution is -2.48. The maximum absolute atomic E-state index is 6.18. The summed E-state index contributed by atoms with van der Waals surface area (Å²) in [6, 6.07) is 1.39. The van der Waals surface area contributed by atoms with E-state index in [2.05, 4.69) is 18.7 Å². The largest absolute Gasteiger partial charge is 0.327 e. The van der Waals surface area contributed by atoms with Crippen LogP contribution in [0.4, 0.5) is 0 Å². The molecular formula is C12H24N2. The van der Waals surface area contributed by atoms with Crippen molar-refractivity contribution in [1.29, 1.82) is 0 Å². The number of nitrogens with zero attached hydrogens (tertiary/aromatic N) is 1. The molecule has 82 valence electrons. The van der Waals surface area contributed by atoms with Crippen LogP contribution in [0, 0.1) is 11.8 Å². The third-order valence-electron chi connectivity index (χ3n) is 3.66. The van der Waals surface area contributed by atoms with Gasteiger partial charge in [0.1, 0.15) is 0 Å². The lowest BCUT2D eigenvalue weighted by atomic mass is 9.86. The summed E-state index contributed by atoms with van der Waals surface area (Å²) in [6.45, 7) is 7.13. The van der Waals surface area contributed by atoms with Crippen LogP contribution in [0.3, 0.4) is 0 Å². The van der Waals surface area contributed by atoms with Gasteiger partial charge < -0.3 is 5.73 Å². The minimum absolute atomic E-state index is 0.465. The molecule has 2 N–H and O–H groups in total. The first-order chi connectivity index (χ1) is 6.66. The average molecular weight is 196 g/mol. The smallest absolute Gasteiger partial charge is 0.00965 e. The third kappa shape index (κ3) is 2.48. The Morgan fingerprint density at radius 1 is 1.29 bits per heavy atom. The number of hydrogen-bond acceptors (Lipinski definition) is 2. The molecule has 1 heterocycles. The van der Waals surface area contributed by atoms with Gasteiger partial charge in [-0.05, 0) is 44.1 Å². The second-order valence-electron chi connectivity index (χ2n) is 5.57. The second kappa shape index (κ2) is 4.19. The molecule has 2 nitrogen and oxygen atoms in total. The van der Waals surface area contributed by atoms with Crippen molar-refractivity contribution in [1.82, 2.24) is 4.90 Å². The molecule has 0 aromatic carbocycles. The van der Waals surface area contributed by atoms with Gasteiger partial charge in [0.25, 0.3) is 0 Å². The lowest BCUT2D eigenvalue weighted by molar-refractivity contribution is 0.133. The zero-order valence-corrected chi connectivity index (χ0v) is 9.58. The van der Waals surface area contributed by atoms with Crippen molar-refractivity contribution in [2.75, 3.05) is 13.1 Å². The zero-order chi connectivity index (χ0) is 10.1. The fourth-order valence-corrected chi connectivity index (χ4v) is 2.70. The Labute approximate surface area is 87.8 Å². The Balaban J connectivity index is 1.85. The quantitative estimate of drug-likeness (QED) is 0.746. The first-order valence-electron chi connectivity index (χ1n) is 6.16. The van der Waals surface area contributed by atoms with Crippen LogP contribution in [0.2, 0.25) is 0 Å². The molecule has 0 amide bonds. The first-order valence-corrected chi connectivity index (χ1v) is 6.16. The SMILES string of the molecule is CC(C)CC1CN(C2CC2)CCC1N. The van der Waals surface area contributed by atoms with Crippen molar-refractivity contribution in [2.45, 2.75) is 51.6 Å². The van der Waals surface area contributed by atoms with Crippen LogP contribution in [0.15, 0.2) is 0 Å². The van der Waals surface area contributed by atoms with Crippen LogP contribution < -0.4 is 5.73 Å². The summed E-state index contributed by atoms with van der Waals surface area (Å²) in [5, 5.41) is 0. The van der Waals surface area contributed by atoms with E-state index in [4.69, 9.17) is 5.73 Å². The molecule has 14 heavy (non-hydrogen) atoms. The molecule has 2 rings (SSSR count). The molecule has 0 radical (unpaired) electrons. The van der Waals surface area contributed by atoms with Gasteiger partial charge in [0.2, 0.25) is 0 Å². The molecule has 2 aliphatic rings. The van der Waals surface area contributed by atoms with Gasteiger partial charge in [-0.15, -0.1) is 0 Å². The molecule has 1 aliphatic heterocycles. The monoisotopic (exact) mass is 196 g/mol. The van der Waals surface area contributed by atoms with Gasteiger partial charge in [0.05, 0.1) is 0 Å². The standard InChI is InChI=1S/C12H24N2/c1-9(2)7-10-8-14(11-3-4-11)6-5-12(10)13/h9-12H,3-8,13H2,1-2H3. The molecule has 1 saturated carbocycles. The Kier molecular flexibility index (Phi) is 3.13. The molecule has 1 aliphatic carbocycles. The van der Waals surface area contributed by atoms with Crippen molar-refractivity contribution in [3.05, 3.63) is 0 Å². The number of hydrogen-bond donors (Lipinski definition) is 1. The minimum Gasteiger partial charge on any atom is -0.327 e. The highest BCUT2D eigenvalue weighted by Gasteiger charge is 2.35. The number of piperidine rings is 1. The normalized spacial score (nSPS) is 35.1. The van der Waals surface area contributed by atoms with Crippen molar-refractivity contribution in [3.63, 3.8) is 0 Å². The van der Waals surface area contributed by atoms with Crippen molar-refractivity contribution < 1.29 is 0 Å². The molecule has 1 saturated heterocycles. The van der Waals surface area contributed by atoms with E-state index in [0.717, 1.165) is 17.9 Å². The second-order valence-corrected chi connectivity index (χ2v) is 5.57. The minimum atomic E-state index is 0.465. The van der Waals surface area contributed by atoms with E-state index >= 15 is 0 Å². The molecule has 0 aromatic heterocycles. The average Bonchev–Trinajstić information content (AvgIpc) is 2.91. The predicted molar refractivity (Wildman–Crippen MR) is 60.1 cm³/mol. The highest BCUT2D eigenvalue weighted by molar-refractivity contribution is 4.91. The topological polar surface area (TPSA) is 29.3 Å². The van der Waals surface area contributed by atoms with Crippen molar-refractivity contribution in [2.24, 2.45) is 17.6 Å². The van der Waals surface area contributed by atoms with Crippen LogP contribution in [-0.4, -0.2) is 30.1 Å². The summed E-state index contributed by atoms with van der Waals surface area (Å²) >= 11 is 0. The van der Waals surface area contributed by atoms with E-state index in [0.29, 0.717) is 6.04 Å². The van der Waals surface area contributed by atoms with Gasteiger partial charge in [0.15, 0.2) is 0 Å². The number of rotatable bonds is 3. The summed E-state index contributed by atoms with van der Waals surface area (Å²) in [4.78, 5) is 2.68. The Hall–Kier alpha value is -0.0800. The zero-order valence-electron chi connectivity index (χ0n) is 9.58. The van der Waals surface area contributed by atoms with Gasteiger partial charge in [-0.1, -0.05) is 13.8 Å². The molecule has 2 heteroatoms. The predicted octanol–water partition coefficient (Wildman–Crippen LogP) is 1.84. The molecule has 2 fully saturated rings. The summed E-state index contributed by atoms with van der Waals surface area (Å²) in [5.74, 6) is 1.55. The maximum atomic E-state index is 6.18. The summed E-state index contributed by atoms with van der Waals surface area (Å²) in [6.07, 6.45) is 5.39. The van der Waals surface area contributed by atoms with E-state index in [1.165, 1.54) is 38.8 Å². The van der Waals surface area contributed by atoms with Gasteiger partial charge in [0, 0.05) is 18.6 Å². The van der Waals surface area contributed by atoms with Crippen LogP contribution in [0.5, 0.6) is 0 Å². The maximum Gasteiger partial charge on any atom is 0.00965 e. The molecule has 2 unspecified atom stereocenters. The fourth-order valence-electron chi connectivity index (χ4n) is 2.70. The molecule has 0 spiro atoms. The van der Waals surface area contributed by atoms with Gasteiger partial charge >= 0.3 is 0 Å². The Morgan fingerprint density at radius 2 is 2.00 bits per heavy atom. The molecule has 0 aromatic rings. The summed E-state index contributed by atoms with van der Waals surface area (Å²) < 4.78 is 0. The number of nitrogens with two attached hydrogens (primary N) is 1. The van der Waals surface area contributed by atoms with Gasteiger partial charge in [-0.2, -0.15) is 0 Å². The highest BCUT2D eigenvalue weighted by atomic mass is 15.2. The molecular weight excluding hydrogens is 172 g/mol. The lowest BCUT2D eigenvalue weighted by Gasteiger charge is -2.37. The van der Waals surface area contributed by atoms with Crippen molar-refractivity contribution in [3.8, 4) is 0 Å². The van der Waals surface area contributed by atoms with E-state index < -0.39 is 0 Å². The summed E-state index contributed by atoms with van der Waals surface area (Å²) in [7, 11) is 0. The van der Waals surface area contributed by atoms with Crippen LogP contribution in [0.25, 0.3) is 0 Å². The van der Waals surface area contributed by atoms with Crippen molar-refractivity contribution >= 4 is 0 Å². The molecule has 2 atom stereocenters. The summed E-state index contributed by atoms with van der Waals surface area (Å²) in [5.41, 5.74) is 6.18.